The average Bonchev–Trinajstić information content (AvgIpc) is 3.31. The molecule has 0 saturated carbocycles. The van der Waals surface area contributed by atoms with Crippen molar-refractivity contribution in [3.05, 3.63) is 59.2 Å². The highest BCUT2D eigenvalue weighted by Crippen LogP contribution is 2.27. The Hall–Kier alpha value is -1.69. The van der Waals surface area contributed by atoms with Gasteiger partial charge in [0.1, 0.15) is 0 Å². The third kappa shape index (κ3) is 6.43. The minimum atomic E-state index is -3.55. The molecule has 9 heteroatoms. The molecule has 0 amide bonds. The SMILES string of the molecule is I.NC(=NCc1ccc(S(=O)(=O)NCC2CCCO2)cc1)Nc1cccc2c1CCCC2. The number of rotatable bonds is 7. The van der Waals surface area contributed by atoms with Gasteiger partial charge in [-0.3, -0.25) is 0 Å². The van der Waals surface area contributed by atoms with Crippen LogP contribution in [0.1, 0.15) is 42.4 Å². The second-order valence-electron chi connectivity index (χ2n) is 8.11. The smallest absolute Gasteiger partial charge is 0.240 e. The van der Waals surface area contributed by atoms with E-state index in [1.165, 1.54) is 24.0 Å². The molecule has 1 atom stereocenters. The Bertz CT molecular complexity index is 1040. The highest BCUT2D eigenvalue weighted by molar-refractivity contribution is 14.0. The number of ether oxygens (including phenoxy) is 1. The van der Waals surface area contributed by atoms with Gasteiger partial charge in [-0.05, 0) is 73.4 Å². The molecular weight excluding hydrogens is 539 g/mol. The summed E-state index contributed by atoms with van der Waals surface area (Å²) >= 11 is 0. The van der Waals surface area contributed by atoms with Crippen molar-refractivity contribution in [2.45, 2.75) is 56.1 Å². The van der Waals surface area contributed by atoms with Crippen LogP contribution in [-0.4, -0.2) is 33.6 Å². The summed E-state index contributed by atoms with van der Waals surface area (Å²) in [7, 11) is -3.55. The average molecular weight is 570 g/mol. The summed E-state index contributed by atoms with van der Waals surface area (Å²) in [5, 5.41) is 3.23. The van der Waals surface area contributed by atoms with E-state index in [9.17, 15) is 8.42 Å². The third-order valence-corrected chi connectivity index (χ3v) is 7.29. The Balaban J connectivity index is 0.00000289. The lowest BCUT2D eigenvalue weighted by molar-refractivity contribution is 0.114. The Morgan fingerprint density at radius 1 is 1.09 bits per heavy atom. The van der Waals surface area contributed by atoms with E-state index in [1.807, 2.05) is 12.1 Å². The lowest BCUT2D eigenvalue weighted by atomic mass is 9.90. The Labute approximate surface area is 207 Å². The van der Waals surface area contributed by atoms with Gasteiger partial charge in [0.25, 0.3) is 0 Å². The first-order valence-corrected chi connectivity index (χ1v) is 12.4. The van der Waals surface area contributed by atoms with E-state index in [0.29, 0.717) is 25.7 Å². The molecule has 7 nitrogen and oxygen atoms in total. The quantitative estimate of drug-likeness (QED) is 0.268. The third-order valence-electron chi connectivity index (χ3n) is 5.85. The molecule has 2 aliphatic rings. The van der Waals surface area contributed by atoms with Crippen LogP contribution in [0.4, 0.5) is 5.69 Å². The molecule has 0 bridgehead atoms. The molecular formula is C23H31IN4O3S. The van der Waals surface area contributed by atoms with Crippen molar-refractivity contribution in [3.8, 4) is 0 Å². The van der Waals surface area contributed by atoms with Crippen LogP contribution >= 0.6 is 24.0 Å². The summed E-state index contributed by atoms with van der Waals surface area (Å²) < 4.78 is 33.0. The second-order valence-corrected chi connectivity index (χ2v) is 9.87. The fourth-order valence-electron chi connectivity index (χ4n) is 4.12. The number of anilines is 1. The summed E-state index contributed by atoms with van der Waals surface area (Å²) in [6.45, 7) is 1.38. The molecule has 0 spiro atoms. The molecule has 4 N–H and O–H groups in total. The number of halogens is 1. The van der Waals surface area contributed by atoms with Crippen molar-refractivity contribution >= 4 is 45.6 Å². The lowest BCUT2D eigenvalue weighted by Crippen LogP contribution is -2.31. The topological polar surface area (TPSA) is 106 Å². The molecule has 1 unspecified atom stereocenters. The minimum Gasteiger partial charge on any atom is -0.377 e. The predicted molar refractivity (Wildman–Crippen MR) is 138 cm³/mol. The predicted octanol–water partition coefficient (Wildman–Crippen LogP) is 3.57. The Kier molecular flexibility index (Phi) is 8.92. The van der Waals surface area contributed by atoms with Gasteiger partial charge >= 0.3 is 0 Å². The van der Waals surface area contributed by atoms with Gasteiger partial charge in [-0.15, -0.1) is 24.0 Å². The van der Waals surface area contributed by atoms with Gasteiger partial charge in [0.15, 0.2) is 5.96 Å². The maximum absolute atomic E-state index is 12.5. The molecule has 0 aromatic heterocycles. The molecule has 1 aliphatic heterocycles. The summed E-state index contributed by atoms with van der Waals surface area (Å²) in [6.07, 6.45) is 6.43. The van der Waals surface area contributed by atoms with E-state index in [1.54, 1.807) is 24.3 Å². The Morgan fingerprint density at radius 3 is 2.62 bits per heavy atom. The van der Waals surface area contributed by atoms with Crippen molar-refractivity contribution in [2.75, 3.05) is 18.5 Å². The van der Waals surface area contributed by atoms with Gasteiger partial charge in [0.2, 0.25) is 10.0 Å². The number of hydrogen-bond acceptors (Lipinski definition) is 4. The van der Waals surface area contributed by atoms with E-state index in [-0.39, 0.29) is 35.0 Å². The molecule has 32 heavy (non-hydrogen) atoms. The second kappa shape index (κ2) is 11.4. The van der Waals surface area contributed by atoms with Gasteiger partial charge in [0.05, 0.1) is 17.5 Å². The van der Waals surface area contributed by atoms with Gasteiger partial charge in [-0.1, -0.05) is 24.3 Å². The number of guanidine groups is 1. The largest absolute Gasteiger partial charge is 0.377 e. The van der Waals surface area contributed by atoms with Crippen molar-refractivity contribution in [2.24, 2.45) is 10.7 Å². The number of sulfonamides is 1. The number of aliphatic imine (C=N–C) groups is 1. The standard InChI is InChI=1S/C23H30N4O3S.HI/c24-23(27-22-9-3-6-18-5-1-2-8-21(18)22)25-15-17-10-12-20(13-11-17)31(28,29)26-16-19-7-4-14-30-19;/h3,6,9-13,19,26H,1-2,4-5,7-8,14-16H2,(H3,24,25,27);1H. The number of nitrogens with one attached hydrogen (secondary N) is 2. The van der Waals surface area contributed by atoms with Crippen LogP contribution in [-0.2, 0) is 34.1 Å². The van der Waals surface area contributed by atoms with E-state index in [0.717, 1.165) is 36.9 Å². The zero-order valence-corrected chi connectivity index (χ0v) is 21.2. The van der Waals surface area contributed by atoms with Gasteiger partial charge in [-0.2, -0.15) is 0 Å². The first-order valence-electron chi connectivity index (χ1n) is 10.9. The molecule has 1 fully saturated rings. The first-order chi connectivity index (χ1) is 15.0. The van der Waals surface area contributed by atoms with Gasteiger partial charge in [0, 0.05) is 18.8 Å². The van der Waals surface area contributed by atoms with Crippen molar-refractivity contribution in [1.82, 2.24) is 4.72 Å². The van der Waals surface area contributed by atoms with Crippen LogP contribution in [0.25, 0.3) is 0 Å². The molecule has 2 aromatic carbocycles. The zero-order chi connectivity index (χ0) is 21.7. The maximum atomic E-state index is 12.5. The number of nitrogens with zero attached hydrogens (tertiary/aromatic N) is 1. The van der Waals surface area contributed by atoms with Crippen LogP contribution in [0, 0.1) is 0 Å². The fraction of sp³-hybridized carbons (Fsp3) is 0.435. The summed E-state index contributed by atoms with van der Waals surface area (Å²) in [6, 6.07) is 13.0. The summed E-state index contributed by atoms with van der Waals surface area (Å²) in [4.78, 5) is 4.66. The van der Waals surface area contributed by atoms with Crippen LogP contribution in [0.5, 0.6) is 0 Å². The number of aryl methyl sites for hydroxylation is 1. The van der Waals surface area contributed by atoms with E-state index >= 15 is 0 Å². The Morgan fingerprint density at radius 2 is 1.88 bits per heavy atom. The van der Waals surface area contributed by atoms with Crippen LogP contribution in [0.3, 0.4) is 0 Å². The number of hydrogen-bond donors (Lipinski definition) is 3. The zero-order valence-electron chi connectivity index (χ0n) is 18.0. The molecule has 0 radical (unpaired) electrons. The normalized spacial score (nSPS) is 18.6. The van der Waals surface area contributed by atoms with Crippen LogP contribution in [0.2, 0.25) is 0 Å². The van der Waals surface area contributed by atoms with Gasteiger partial charge in [-0.25, -0.2) is 18.1 Å². The van der Waals surface area contributed by atoms with Crippen molar-refractivity contribution in [1.29, 1.82) is 0 Å². The van der Waals surface area contributed by atoms with E-state index in [2.05, 4.69) is 21.1 Å². The van der Waals surface area contributed by atoms with Gasteiger partial charge < -0.3 is 15.8 Å². The molecule has 4 rings (SSSR count). The summed E-state index contributed by atoms with van der Waals surface area (Å²) in [5.74, 6) is 0.355. The molecule has 2 aromatic rings. The molecule has 1 aliphatic carbocycles. The highest BCUT2D eigenvalue weighted by atomic mass is 127. The monoisotopic (exact) mass is 570 g/mol. The first kappa shape index (κ1) is 24.9. The number of fused-ring (bicyclic) bond motifs is 1. The minimum absolute atomic E-state index is 0. The molecule has 1 saturated heterocycles. The number of nitrogens with two attached hydrogens (primary N) is 1. The van der Waals surface area contributed by atoms with Crippen LogP contribution < -0.4 is 15.8 Å². The lowest BCUT2D eigenvalue weighted by Gasteiger charge is -2.19. The van der Waals surface area contributed by atoms with E-state index in [4.69, 9.17) is 10.5 Å². The van der Waals surface area contributed by atoms with E-state index < -0.39 is 10.0 Å². The maximum Gasteiger partial charge on any atom is 0.240 e. The van der Waals surface area contributed by atoms with Crippen molar-refractivity contribution in [3.63, 3.8) is 0 Å². The highest BCUT2D eigenvalue weighted by Gasteiger charge is 2.20. The van der Waals surface area contributed by atoms with Crippen molar-refractivity contribution < 1.29 is 13.2 Å². The summed E-state index contributed by atoms with van der Waals surface area (Å²) in [5.41, 5.74) is 10.7. The van der Waals surface area contributed by atoms with Crippen LogP contribution in [0.15, 0.2) is 52.4 Å². The number of benzene rings is 2. The fourth-order valence-corrected chi connectivity index (χ4v) is 5.18. The molecule has 1 heterocycles. The molecule has 174 valence electrons.